The lowest BCUT2D eigenvalue weighted by molar-refractivity contribution is -0.385. The molecule has 2 aromatic rings. The summed E-state index contributed by atoms with van der Waals surface area (Å²) in [6.45, 7) is 3.43. The zero-order chi connectivity index (χ0) is 15.6. The molecule has 1 N–H and O–H groups in total. The molecular weight excluding hydrogens is 274 g/mol. The van der Waals surface area contributed by atoms with E-state index in [1.54, 1.807) is 32.0 Å². The highest BCUT2D eigenvalue weighted by Gasteiger charge is 2.19. The lowest BCUT2D eigenvalue weighted by Gasteiger charge is -2.11. The summed E-state index contributed by atoms with van der Waals surface area (Å²) >= 11 is 0. The lowest BCUT2D eigenvalue weighted by atomic mass is 10.1. The van der Waals surface area contributed by atoms with E-state index in [0.29, 0.717) is 11.1 Å². The fourth-order valence-corrected chi connectivity index (χ4v) is 1.87. The maximum atomic E-state index is 11.1. The van der Waals surface area contributed by atoms with Gasteiger partial charge in [0, 0.05) is 6.07 Å². The topological polar surface area (TPSA) is 89.7 Å². The second kappa shape index (κ2) is 5.62. The van der Waals surface area contributed by atoms with Crippen molar-refractivity contribution in [2.75, 3.05) is 0 Å². The highest BCUT2D eigenvalue weighted by atomic mass is 16.6. The van der Waals surface area contributed by atoms with Gasteiger partial charge in [-0.25, -0.2) is 4.79 Å². The summed E-state index contributed by atoms with van der Waals surface area (Å²) < 4.78 is 5.62. The minimum Gasteiger partial charge on any atom is -0.478 e. The molecule has 0 spiro atoms. The fraction of sp³-hybridized carbons (Fsp3) is 0.133. The number of benzene rings is 2. The monoisotopic (exact) mass is 287 g/mol. The number of aromatic carboxylic acids is 1. The van der Waals surface area contributed by atoms with E-state index in [-0.39, 0.29) is 22.7 Å². The number of aryl methyl sites for hydroxylation is 2. The van der Waals surface area contributed by atoms with Crippen molar-refractivity contribution in [3.05, 3.63) is 63.2 Å². The van der Waals surface area contributed by atoms with Crippen molar-refractivity contribution in [1.82, 2.24) is 0 Å². The normalized spacial score (nSPS) is 10.2. The molecular formula is C15H13NO5. The molecule has 21 heavy (non-hydrogen) atoms. The van der Waals surface area contributed by atoms with Crippen LogP contribution in [0.4, 0.5) is 5.69 Å². The highest BCUT2D eigenvalue weighted by Crippen LogP contribution is 2.35. The Balaban J connectivity index is 2.50. The first-order valence-electron chi connectivity index (χ1n) is 6.16. The smallest absolute Gasteiger partial charge is 0.335 e. The van der Waals surface area contributed by atoms with Gasteiger partial charge in [0.1, 0.15) is 5.75 Å². The number of nitro groups is 1. The number of rotatable bonds is 4. The Bertz CT molecular complexity index is 724. The van der Waals surface area contributed by atoms with Gasteiger partial charge in [0.05, 0.1) is 10.5 Å². The molecule has 6 heteroatoms. The average Bonchev–Trinajstić information content (AvgIpc) is 2.42. The van der Waals surface area contributed by atoms with Gasteiger partial charge >= 0.3 is 11.7 Å². The van der Waals surface area contributed by atoms with Gasteiger partial charge < -0.3 is 9.84 Å². The Hall–Kier alpha value is -2.89. The number of carbonyl (C=O) groups is 1. The first kappa shape index (κ1) is 14.5. The molecule has 0 aromatic heterocycles. The predicted octanol–water partition coefficient (Wildman–Crippen LogP) is 3.70. The maximum absolute atomic E-state index is 11.1. The van der Waals surface area contributed by atoms with Crippen LogP contribution in [0.3, 0.4) is 0 Å². The third kappa shape index (κ3) is 3.00. The number of carboxylic acids is 1. The summed E-state index contributed by atoms with van der Waals surface area (Å²) in [5.74, 6) is -0.681. The molecule has 0 radical (unpaired) electrons. The van der Waals surface area contributed by atoms with Gasteiger partial charge in [-0.15, -0.1) is 0 Å². The van der Waals surface area contributed by atoms with Gasteiger partial charge in [-0.1, -0.05) is 18.2 Å². The summed E-state index contributed by atoms with van der Waals surface area (Å²) in [7, 11) is 0. The van der Waals surface area contributed by atoms with E-state index in [9.17, 15) is 14.9 Å². The van der Waals surface area contributed by atoms with Crippen molar-refractivity contribution < 1.29 is 19.6 Å². The van der Waals surface area contributed by atoms with Crippen LogP contribution >= 0.6 is 0 Å². The third-order valence-corrected chi connectivity index (χ3v) is 3.03. The van der Waals surface area contributed by atoms with Crippen molar-refractivity contribution in [3.63, 3.8) is 0 Å². The van der Waals surface area contributed by atoms with Crippen LogP contribution in [0, 0.1) is 24.0 Å². The molecule has 0 bridgehead atoms. The van der Waals surface area contributed by atoms with Crippen LogP contribution in [-0.4, -0.2) is 16.0 Å². The van der Waals surface area contributed by atoms with Gasteiger partial charge in [0.2, 0.25) is 5.75 Å². The third-order valence-electron chi connectivity index (χ3n) is 3.03. The zero-order valence-electron chi connectivity index (χ0n) is 11.5. The van der Waals surface area contributed by atoms with E-state index >= 15 is 0 Å². The number of para-hydroxylation sites is 1. The van der Waals surface area contributed by atoms with Gasteiger partial charge in [-0.3, -0.25) is 10.1 Å². The van der Waals surface area contributed by atoms with Crippen LogP contribution in [0.25, 0.3) is 0 Å². The number of hydrogen-bond donors (Lipinski definition) is 1. The molecule has 2 aromatic carbocycles. The van der Waals surface area contributed by atoms with Gasteiger partial charge in [-0.2, -0.15) is 0 Å². The maximum Gasteiger partial charge on any atom is 0.335 e. The van der Waals surface area contributed by atoms with E-state index < -0.39 is 10.9 Å². The number of carboxylic acid groups (broad SMARTS) is 1. The lowest BCUT2D eigenvalue weighted by Crippen LogP contribution is -2.00. The van der Waals surface area contributed by atoms with Gasteiger partial charge in [0.15, 0.2) is 0 Å². The summed E-state index contributed by atoms with van der Waals surface area (Å²) in [5, 5.41) is 20.1. The molecule has 0 unspecified atom stereocenters. The average molecular weight is 287 g/mol. The minimum absolute atomic E-state index is 0.0619. The Labute approximate surface area is 120 Å². The summed E-state index contributed by atoms with van der Waals surface area (Å²) in [6.07, 6.45) is 0. The number of ether oxygens (including phenoxy) is 1. The largest absolute Gasteiger partial charge is 0.478 e. The molecule has 0 atom stereocenters. The second-order valence-electron chi connectivity index (χ2n) is 4.57. The molecule has 0 aliphatic carbocycles. The van der Waals surface area contributed by atoms with Crippen molar-refractivity contribution in [3.8, 4) is 11.5 Å². The first-order valence-corrected chi connectivity index (χ1v) is 6.16. The molecule has 0 fully saturated rings. The van der Waals surface area contributed by atoms with E-state index in [2.05, 4.69) is 0 Å². The molecule has 6 nitrogen and oxygen atoms in total. The predicted molar refractivity (Wildman–Crippen MR) is 76.0 cm³/mol. The standard InChI is InChI=1S/C15H13NO5/c1-9-6-7-11(15(17)18)8-13(9)21-14-10(2)4-3-5-12(14)16(19)20/h3-8H,1-2H3,(H,17,18). The van der Waals surface area contributed by atoms with Gasteiger partial charge in [-0.05, 0) is 37.1 Å². The van der Waals surface area contributed by atoms with Crippen LogP contribution in [0.15, 0.2) is 36.4 Å². The summed E-state index contributed by atoms with van der Waals surface area (Å²) in [6, 6.07) is 9.02. The molecule has 0 heterocycles. The first-order chi connectivity index (χ1) is 9.90. The van der Waals surface area contributed by atoms with Crippen molar-refractivity contribution >= 4 is 11.7 Å². The highest BCUT2D eigenvalue weighted by molar-refractivity contribution is 5.88. The van der Waals surface area contributed by atoms with Crippen molar-refractivity contribution in [2.24, 2.45) is 0 Å². The minimum atomic E-state index is -1.08. The van der Waals surface area contributed by atoms with E-state index in [1.807, 2.05) is 0 Å². The van der Waals surface area contributed by atoms with Crippen LogP contribution < -0.4 is 4.74 Å². The van der Waals surface area contributed by atoms with Crippen LogP contribution in [0.1, 0.15) is 21.5 Å². The number of hydrogen-bond acceptors (Lipinski definition) is 4. The van der Waals surface area contributed by atoms with Crippen LogP contribution in [0.5, 0.6) is 11.5 Å². The Morgan fingerprint density at radius 2 is 1.90 bits per heavy atom. The molecule has 0 aliphatic heterocycles. The van der Waals surface area contributed by atoms with Crippen molar-refractivity contribution in [2.45, 2.75) is 13.8 Å². The quantitative estimate of drug-likeness (QED) is 0.684. The van der Waals surface area contributed by atoms with Crippen molar-refractivity contribution in [1.29, 1.82) is 0 Å². The van der Waals surface area contributed by atoms with E-state index in [0.717, 1.165) is 0 Å². The Morgan fingerprint density at radius 1 is 1.19 bits per heavy atom. The summed E-state index contributed by atoms with van der Waals surface area (Å²) in [4.78, 5) is 21.5. The number of nitrogens with zero attached hydrogens (tertiary/aromatic N) is 1. The zero-order valence-corrected chi connectivity index (χ0v) is 11.5. The van der Waals surface area contributed by atoms with Crippen LogP contribution in [0.2, 0.25) is 0 Å². The Morgan fingerprint density at radius 3 is 2.52 bits per heavy atom. The molecule has 0 amide bonds. The van der Waals surface area contributed by atoms with Crippen LogP contribution in [-0.2, 0) is 0 Å². The molecule has 0 saturated carbocycles. The molecule has 108 valence electrons. The van der Waals surface area contributed by atoms with Gasteiger partial charge in [0.25, 0.3) is 0 Å². The Kier molecular flexibility index (Phi) is 3.89. The summed E-state index contributed by atoms with van der Waals surface area (Å²) in [5.41, 5.74) is 1.20. The SMILES string of the molecule is Cc1ccc(C(=O)O)cc1Oc1c(C)cccc1[N+](=O)[O-]. The second-order valence-corrected chi connectivity index (χ2v) is 4.57. The number of nitro benzene ring substituents is 1. The molecule has 2 rings (SSSR count). The molecule has 0 saturated heterocycles. The van der Waals surface area contributed by atoms with E-state index in [4.69, 9.17) is 9.84 Å². The fourth-order valence-electron chi connectivity index (χ4n) is 1.87. The molecule has 0 aliphatic rings. The van der Waals surface area contributed by atoms with E-state index in [1.165, 1.54) is 18.2 Å².